The van der Waals surface area contributed by atoms with Gasteiger partial charge in [-0.1, -0.05) is 19.3 Å². The van der Waals surface area contributed by atoms with E-state index in [1.807, 2.05) is 4.90 Å². The molecule has 0 atom stereocenters. The van der Waals surface area contributed by atoms with Crippen molar-refractivity contribution in [3.8, 4) is 0 Å². The van der Waals surface area contributed by atoms with E-state index >= 15 is 0 Å². The van der Waals surface area contributed by atoms with Crippen LogP contribution in [0.2, 0.25) is 0 Å². The van der Waals surface area contributed by atoms with Crippen LogP contribution in [0.15, 0.2) is 18.3 Å². The maximum Gasteiger partial charge on any atom is 0.417 e. The summed E-state index contributed by atoms with van der Waals surface area (Å²) in [4.78, 5) is 31.9. The molecule has 2 fully saturated rings. The molecule has 1 aliphatic heterocycles. The molecule has 2 heterocycles. The highest BCUT2D eigenvalue weighted by atomic mass is 19.4. The molecule has 1 aromatic heterocycles. The van der Waals surface area contributed by atoms with Gasteiger partial charge in [-0.3, -0.25) is 4.79 Å². The minimum absolute atomic E-state index is 0.0227. The lowest BCUT2D eigenvalue weighted by Crippen LogP contribution is -2.49. The van der Waals surface area contributed by atoms with Crippen molar-refractivity contribution >= 4 is 17.8 Å². The second kappa shape index (κ2) is 10.7. The van der Waals surface area contributed by atoms with Crippen molar-refractivity contribution in [1.82, 2.24) is 20.5 Å². The Kier molecular flexibility index (Phi) is 7.97. The van der Waals surface area contributed by atoms with Gasteiger partial charge >= 0.3 is 12.2 Å². The molecule has 1 saturated heterocycles. The highest BCUT2D eigenvalue weighted by Gasteiger charge is 2.31. The van der Waals surface area contributed by atoms with Gasteiger partial charge in [-0.15, -0.1) is 0 Å². The van der Waals surface area contributed by atoms with Crippen LogP contribution < -0.4 is 15.5 Å². The van der Waals surface area contributed by atoms with Crippen LogP contribution in [0, 0.1) is 0 Å². The van der Waals surface area contributed by atoms with Crippen LogP contribution in [-0.2, 0) is 11.0 Å². The van der Waals surface area contributed by atoms with Gasteiger partial charge in [-0.2, -0.15) is 13.2 Å². The Morgan fingerprint density at radius 3 is 2.39 bits per heavy atom. The number of rotatable bonds is 6. The van der Waals surface area contributed by atoms with E-state index in [0.717, 1.165) is 37.9 Å². The van der Waals surface area contributed by atoms with Crippen molar-refractivity contribution in [3.63, 3.8) is 0 Å². The van der Waals surface area contributed by atoms with Crippen LogP contribution in [-0.4, -0.2) is 60.6 Å². The zero-order chi connectivity index (χ0) is 22.3. The largest absolute Gasteiger partial charge is 0.417 e. The highest BCUT2D eigenvalue weighted by molar-refractivity contribution is 5.77. The molecule has 0 spiro atoms. The molecule has 31 heavy (non-hydrogen) atoms. The Bertz CT molecular complexity index is 728. The number of carbonyl (C=O) groups excluding carboxylic acids is 2. The van der Waals surface area contributed by atoms with Crippen LogP contribution in [0.5, 0.6) is 0 Å². The number of piperazine rings is 1. The van der Waals surface area contributed by atoms with E-state index in [2.05, 4.69) is 15.6 Å². The summed E-state index contributed by atoms with van der Waals surface area (Å²) in [6.45, 7) is 2.48. The standard InChI is InChI=1S/C21H30F3N5O2/c22-21(23,24)16-8-9-18(26-15-16)28-11-13-29(14-12-28)19(30)7-4-10-25-20(31)27-17-5-2-1-3-6-17/h8-9,15,17H,1-7,10-14H2,(H2,25,27,31). The number of nitrogens with one attached hydrogen (secondary N) is 2. The third kappa shape index (κ3) is 7.00. The zero-order valence-electron chi connectivity index (χ0n) is 17.6. The molecule has 0 bridgehead atoms. The number of amides is 3. The second-order valence-corrected chi connectivity index (χ2v) is 8.11. The summed E-state index contributed by atoms with van der Waals surface area (Å²) in [5, 5.41) is 5.80. The number of nitrogens with zero attached hydrogens (tertiary/aromatic N) is 3. The average Bonchev–Trinajstić information content (AvgIpc) is 2.77. The minimum atomic E-state index is -4.40. The number of carbonyl (C=O) groups is 2. The summed E-state index contributed by atoms with van der Waals surface area (Å²) >= 11 is 0. The molecule has 3 amide bonds. The summed E-state index contributed by atoms with van der Waals surface area (Å²) in [6.07, 6.45) is 2.95. The lowest BCUT2D eigenvalue weighted by Gasteiger charge is -2.35. The Hall–Kier alpha value is -2.52. The van der Waals surface area contributed by atoms with Gasteiger partial charge in [0.25, 0.3) is 0 Å². The maximum absolute atomic E-state index is 12.7. The van der Waals surface area contributed by atoms with Crippen LogP contribution in [0.25, 0.3) is 0 Å². The lowest BCUT2D eigenvalue weighted by molar-refractivity contribution is -0.137. The molecule has 0 aromatic carbocycles. The smallest absolute Gasteiger partial charge is 0.353 e. The molecule has 0 radical (unpaired) electrons. The van der Waals surface area contributed by atoms with E-state index in [4.69, 9.17) is 0 Å². The Balaban J connectivity index is 1.32. The number of anilines is 1. The molecule has 2 N–H and O–H groups in total. The van der Waals surface area contributed by atoms with Gasteiger partial charge in [-0.25, -0.2) is 9.78 Å². The van der Waals surface area contributed by atoms with Gasteiger partial charge in [0.2, 0.25) is 5.91 Å². The number of hydrogen-bond acceptors (Lipinski definition) is 4. The van der Waals surface area contributed by atoms with Crippen molar-refractivity contribution in [2.45, 2.75) is 57.2 Å². The third-order valence-electron chi connectivity index (χ3n) is 5.82. The predicted octanol–water partition coefficient (Wildman–Crippen LogP) is 3.16. The first kappa shape index (κ1) is 23.1. The van der Waals surface area contributed by atoms with E-state index in [9.17, 15) is 22.8 Å². The molecule has 1 aromatic rings. The van der Waals surface area contributed by atoms with E-state index in [0.29, 0.717) is 51.4 Å². The molecule has 172 valence electrons. The summed E-state index contributed by atoms with van der Waals surface area (Å²) in [6, 6.07) is 2.48. The van der Waals surface area contributed by atoms with Crippen LogP contribution in [0.4, 0.5) is 23.8 Å². The minimum Gasteiger partial charge on any atom is -0.353 e. The van der Waals surface area contributed by atoms with Gasteiger partial charge < -0.3 is 20.4 Å². The van der Waals surface area contributed by atoms with Crippen molar-refractivity contribution in [3.05, 3.63) is 23.9 Å². The fourth-order valence-corrected chi connectivity index (χ4v) is 4.01. The molecular formula is C21H30F3N5O2. The molecule has 0 unspecified atom stereocenters. The molecular weight excluding hydrogens is 411 g/mol. The first-order valence-electron chi connectivity index (χ1n) is 10.9. The summed E-state index contributed by atoms with van der Waals surface area (Å²) in [5.74, 6) is 0.503. The predicted molar refractivity (Wildman–Crippen MR) is 111 cm³/mol. The van der Waals surface area contributed by atoms with E-state index < -0.39 is 11.7 Å². The van der Waals surface area contributed by atoms with Crippen molar-refractivity contribution < 1.29 is 22.8 Å². The lowest BCUT2D eigenvalue weighted by atomic mass is 9.96. The zero-order valence-corrected chi connectivity index (χ0v) is 17.6. The molecule has 1 saturated carbocycles. The van der Waals surface area contributed by atoms with Gasteiger partial charge in [0.1, 0.15) is 5.82 Å². The number of alkyl halides is 3. The molecule has 1 aliphatic carbocycles. The van der Waals surface area contributed by atoms with Crippen LogP contribution in [0.3, 0.4) is 0 Å². The SMILES string of the molecule is O=C(NCCCC(=O)N1CCN(c2ccc(C(F)(F)F)cn2)CC1)NC1CCCCC1. The average molecular weight is 441 g/mol. The Labute approximate surface area is 180 Å². The molecule has 2 aliphatic rings. The monoisotopic (exact) mass is 441 g/mol. The van der Waals surface area contributed by atoms with Gasteiger partial charge in [0.15, 0.2) is 0 Å². The van der Waals surface area contributed by atoms with Gasteiger partial charge in [0, 0.05) is 51.4 Å². The summed E-state index contributed by atoms with van der Waals surface area (Å²) in [5.41, 5.74) is -0.772. The fraction of sp³-hybridized carbons (Fsp3) is 0.667. The number of urea groups is 1. The molecule has 7 nitrogen and oxygen atoms in total. The normalized spacial score (nSPS) is 18.0. The van der Waals surface area contributed by atoms with E-state index in [1.54, 1.807) is 4.90 Å². The quantitative estimate of drug-likeness (QED) is 0.665. The fourth-order valence-electron chi connectivity index (χ4n) is 4.01. The third-order valence-corrected chi connectivity index (χ3v) is 5.82. The highest BCUT2D eigenvalue weighted by Crippen LogP contribution is 2.29. The van der Waals surface area contributed by atoms with E-state index in [-0.39, 0.29) is 18.0 Å². The van der Waals surface area contributed by atoms with Crippen molar-refractivity contribution in [1.29, 1.82) is 0 Å². The molecule has 10 heteroatoms. The van der Waals surface area contributed by atoms with Crippen molar-refractivity contribution in [2.24, 2.45) is 0 Å². The Morgan fingerprint density at radius 2 is 1.77 bits per heavy atom. The number of pyridine rings is 1. The Morgan fingerprint density at radius 1 is 1.06 bits per heavy atom. The number of aromatic nitrogens is 1. The summed E-state index contributed by atoms with van der Waals surface area (Å²) in [7, 11) is 0. The van der Waals surface area contributed by atoms with Crippen molar-refractivity contribution in [2.75, 3.05) is 37.6 Å². The topological polar surface area (TPSA) is 77.6 Å². The van der Waals surface area contributed by atoms with Gasteiger partial charge in [0.05, 0.1) is 5.56 Å². The number of hydrogen-bond donors (Lipinski definition) is 2. The van der Waals surface area contributed by atoms with Gasteiger partial charge in [-0.05, 0) is 31.4 Å². The first-order chi connectivity index (χ1) is 14.8. The van der Waals surface area contributed by atoms with Crippen LogP contribution in [0.1, 0.15) is 50.5 Å². The van der Waals surface area contributed by atoms with E-state index in [1.165, 1.54) is 12.5 Å². The van der Waals surface area contributed by atoms with Crippen LogP contribution >= 0.6 is 0 Å². The maximum atomic E-state index is 12.7. The molecule has 3 rings (SSSR count). The first-order valence-corrected chi connectivity index (χ1v) is 10.9. The second-order valence-electron chi connectivity index (χ2n) is 8.11. The summed E-state index contributed by atoms with van der Waals surface area (Å²) < 4.78 is 38.0. The number of halogens is 3.